The van der Waals surface area contributed by atoms with Crippen molar-refractivity contribution in [2.24, 2.45) is 0 Å². The van der Waals surface area contributed by atoms with Crippen LogP contribution in [0.15, 0.2) is 48.5 Å². The number of thiazole rings is 1. The third kappa shape index (κ3) is 4.78. The lowest BCUT2D eigenvalue weighted by atomic mass is 10.1. The summed E-state index contributed by atoms with van der Waals surface area (Å²) in [5, 5.41) is 4.70. The molecule has 0 spiro atoms. The number of halogens is 1. The van der Waals surface area contributed by atoms with Crippen molar-refractivity contribution in [2.45, 2.75) is 19.5 Å². The summed E-state index contributed by atoms with van der Waals surface area (Å²) in [6, 6.07) is 15.5. The molecule has 0 aliphatic heterocycles. The van der Waals surface area contributed by atoms with E-state index in [1.165, 1.54) is 4.70 Å². The highest BCUT2D eigenvalue weighted by molar-refractivity contribution is 7.18. The number of nitrogens with one attached hydrogen (secondary N) is 1. The van der Waals surface area contributed by atoms with Crippen LogP contribution in [0, 0.1) is 0 Å². The van der Waals surface area contributed by atoms with E-state index in [4.69, 9.17) is 11.6 Å². The van der Waals surface area contributed by atoms with Gasteiger partial charge in [-0.15, -0.1) is 11.3 Å². The fraction of sp³-hybridized carbons (Fsp3) is 0.263. The summed E-state index contributed by atoms with van der Waals surface area (Å²) < 4.78 is 1.17. The average molecular weight is 374 g/mol. The molecule has 25 heavy (non-hydrogen) atoms. The van der Waals surface area contributed by atoms with Gasteiger partial charge >= 0.3 is 0 Å². The monoisotopic (exact) mass is 373 g/mol. The number of hydrogen-bond acceptors (Lipinski definition) is 4. The molecule has 4 nitrogen and oxygen atoms in total. The second-order valence-corrected chi connectivity index (χ2v) is 7.64. The maximum absolute atomic E-state index is 12.3. The number of amides is 1. The smallest absolute Gasteiger partial charge is 0.234 e. The van der Waals surface area contributed by atoms with Gasteiger partial charge in [-0.25, -0.2) is 4.98 Å². The van der Waals surface area contributed by atoms with E-state index in [1.807, 2.05) is 61.3 Å². The summed E-state index contributed by atoms with van der Waals surface area (Å²) in [7, 11) is 1.93. The van der Waals surface area contributed by atoms with Gasteiger partial charge in [0.15, 0.2) is 0 Å². The van der Waals surface area contributed by atoms with E-state index < -0.39 is 0 Å². The van der Waals surface area contributed by atoms with Crippen molar-refractivity contribution in [2.75, 3.05) is 13.6 Å². The van der Waals surface area contributed by atoms with Crippen molar-refractivity contribution in [3.8, 4) is 0 Å². The van der Waals surface area contributed by atoms with Crippen LogP contribution in [0.25, 0.3) is 10.2 Å². The van der Waals surface area contributed by atoms with Crippen LogP contribution in [0.3, 0.4) is 0 Å². The summed E-state index contributed by atoms with van der Waals surface area (Å²) in [6.45, 7) is 2.93. The lowest BCUT2D eigenvalue weighted by molar-refractivity contribution is -0.122. The first-order valence-corrected chi connectivity index (χ1v) is 9.28. The summed E-state index contributed by atoms with van der Waals surface area (Å²) >= 11 is 7.67. The molecule has 0 aliphatic carbocycles. The molecule has 1 heterocycles. The van der Waals surface area contributed by atoms with Crippen LogP contribution in [0.5, 0.6) is 0 Å². The molecule has 0 aliphatic rings. The van der Waals surface area contributed by atoms with Crippen molar-refractivity contribution >= 4 is 39.1 Å². The third-order valence-corrected chi connectivity index (χ3v) is 5.14. The Hall–Kier alpha value is -1.95. The number of rotatable bonds is 6. The standard InChI is InChI=1S/C19H20ClN3OS/c1-13(14-6-5-7-15(20)10-14)21-18(24)11-23(2)12-19-22-16-8-3-4-9-17(16)25-19/h3-10,13H,11-12H2,1-2H3,(H,21,24)/t13-/m1/s1. The number of likely N-dealkylation sites (N-methyl/N-ethyl adjacent to an activating group) is 1. The molecule has 1 atom stereocenters. The van der Waals surface area contributed by atoms with E-state index in [9.17, 15) is 4.79 Å². The van der Waals surface area contributed by atoms with Crippen LogP contribution in [0.4, 0.5) is 0 Å². The fourth-order valence-corrected chi connectivity index (χ4v) is 3.91. The summed E-state index contributed by atoms with van der Waals surface area (Å²) in [6.07, 6.45) is 0. The number of benzene rings is 2. The molecule has 0 radical (unpaired) electrons. The zero-order valence-corrected chi connectivity index (χ0v) is 15.8. The van der Waals surface area contributed by atoms with Crippen molar-refractivity contribution in [1.29, 1.82) is 0 Å². The number of carbonyl (C=O) groups excluding carboxylic acids is 1. The van der Waals surface area contributed by atoms with Gasteiger partial charge in [0.1, 0.15) is 5.01 Å². The van der Waals surface area contributed by atoms with E-state index in [1.54, 1.807) is 11.3 Å². The molecule has 3 aromatic rings. The van der Waals surface area contributed by atoms with Crippen LogP contribution in [-0.2, 0) is 11.3 Å². The Bertz CT molecular complexity index is 847. The molecule has 0 bridgehead atoms. The molecule has 3 rings (SSSR count). The predicted molar refractivity (Wildman–Crippen MR) is 104 cm³/mol. The topological polar surface area (TPSA) is 45.2 Å². The number of para-hydroxylation sites is 1. The molecule has 1 aromatic heterocycles. The minimum atomic E-state index is -0.0814. The highest BCUT2D eigenvalue weighted by Gasteiger charge is 2.13. The molecule has 0 saturated carbocycles. The minimum absolute atomic E-state index is 0.0175. The Kier molecular flexibility index (Phi) is 5.68. The molecule has 0 unspecified atom stereocenters. The number of fused-ring (bicyclic) bond motifs is 1. The second kappa shape index (κ2) is 7.95. The first-order chi connectivity index (χ1) is 12.0. The van der Waals surface area contributed by atoms with E-state index >= 15 is 0 Å². The number of hydrogen-bond donors (Lipinski definition) is 1. The lowest BCUT2D eigenvalue weighted by Crippen LogP contribution is -2.36. The van der Waals surface area contributed by atoms with Gasteiger partial charge < -0.3 is 5.32 Å². The van der Waals surface area contributed by atoms with Crippen molar-refractivity contribution < 1.29 is 4.79 Å². The van der Waals surface area contributed by atoms with Gasteiger partial charge in [-0.2, -0.15) is 0 Å². The van der Waals surface area contributed by atoms with Crippen LogP contribution in [-0.4, -0.2) is 29.4 Å². The zero-order valence-electron chi connectivity index (χ0n) is 14.2. The Morgan fingerprint density at radius 3 is 2.84 bits per heavy atom. The molecule has 1 amide bonds. The highest BCUT2D eigenvalue weighted by atomic mass is 35.5. The van der Waals surface area contributed by atoms with Gasteiger partial charge in [-0.05, 0) is 43.8 Å². The van der Waals surface area contributed by atoms with Crippen molar-refractivity contribution in [3.63, 3.8) is 0 Å². The van der Waals surface area contributed by atoms with Gasteiger partial charge in [0.2, 0.25) is 5.91 Å². The maximum Gasteiger partial charge on any atom is 0.234 e. The molecule has 2 aromatic carbocycles. The van der Waals surface area contributed by atoms with Crippen molar-refractivity contribution in [3.05, 3.63) is 64.1 Å². The van der Waals surface area contributed by atoms with Gasteiger partial charge in [-0.1, -0.05) is 35.9 Å². The van der Waals surface area contributed by atoms with Gasteiger partial charge in [0, 0.05) is 5.02 Å². The van der Waals surface area contributed by atoms with Gasteiger partial charge in [0.05, 0.1) is 29.3 Å². The quantitative estimate of drug-likeness (QED) is 0.702. The number of aromatic nitrogens is 1. The predicted octanol–water partition coefficient (Wildman–Crippen LogP) is 4.26. The molecular weight excluding hydrogens is 354 g/mol. The SMILES string of the molecule is C[C@@H](NC(=O)CN(C)Cc1nc2ccccc2s1)c1cccc(Cl)c1. The maximum atomic E-state index is 12.3. The molecule has 0 saturated heterocycles. The molecular formula is C19H20ClN3OS. The summed E-state index contributed by atoms with van der Waals surface area (Å²) in [5.41, 5.74) is 2.00. The van der Waals surface area contributed by atoms with Crippen LogP contribution >= 0.6 is 22.9 Å². The fourth-order valence-electron chi connectivity index (χ4n) is 2.67. The average Bonchev–Trinajstić information content (AvgIpc) is 2.96. The Labute approximate surface area is 156 Å². The zero-order chi connectivity index (χ0) is 17.8. The summed E-state index contributed by atoms with van der Waals surface area (Å²) in [4.78, 5) is 18.9. The minimum Gasteiger partial charge on any atom is -0.348 e. The molecule has 6 heteroatoms. The van der Waals surface area contributed by atoms with E-state index in [2.05, 4.69) is 16.4 Å². The number of carbonyl (C=O) groups is 1. The molecule has 130 valence electrons. The Morgan fingerprint density at radius 1 is 1.28 bits per heavy atom. The van der Waals surface area contributed by atoms with Crippen molar-refractivity contribution in [1.82, 2.24) is 15.2 Å². The van der Waals surface area contributed by atoms with Gasteiger partial charge in [-0.3, -0.25) is 9.69 Å². The lowest BCUT2D eigenvalue weighted by Gasteiger charge is -2.18. The number of nitrogens with zero attached hydrogens (tertiary/aromatic N) is 2. The first-order valence-electron chi connectivity index (χ1n) is 8.09. The molecule has 0 fully saturated rings. The van der Waals surface area contributed by atoms with E-state index in [0.29, 0.717) is 18.1 Å². The Balaban J connectivity index is 1.55. The molecule has 1 N–H and O–H groups in total. The van der Waals surface area contributed by atoms with Crippen LogP contribution < -0.4 is 5.32 Å². The van der Waals surface area contributed by atoms with Crippen LogP contribution in [0.2, 0.25) is 5.02 Å². The summed E-state index contributed by atoms with van der Waals surface area (Å²) in [5.74, 6) is -0.0175. The highest BCUT2D eigenvalue weighted by Crippen LogP contribution is 2.22. The van der Waals surface area contributed by atoms with Gasteiger partial charge in [0.25, 0.3) is 0 Å². The largest absolute Gasteiger partial charge is 0.348 e. The normalized spacial score (nSPS) is 12.5. The van der Waals surface area contributed by atoms with E-state index in [-0.39, 0.29) is 11.9 Å². The third-order valence-electron chi connectivity index (χ3n) is 3.88. The van der Waals surface area contributed by atoms with Crippen LogP contribution in [0.1, 0.15) is 23.5 Å². The first kappa shape index (κ1) is 17.9. The van der Waals surface area contributed by atoms with E-state index in [0.717, 1.165) is 16.1 Å². The second-order valence-electron chi connectivity index (χ2n) is 6.09. The Morgan fingerprint density at radius 2 is 2.08 bits per heavy atom.